The van der Waals surface area contributed by atoms with Gasteiger partial charge in [-0.1, -0.05) is 48.5 Å². The molecule has 2 aromatic carbocycles. The van der Waals surface area contributed by atoms with Crippen molar-refractivity contribution in [2.75, 3.05) is 5.32 Å². The molecule has 2 atom stereocenters. The number of esters is 1. The molecule has 0 saturated heterocycles. The molecule has 0 aromatic heterocycles. The number of hydrogen-bond acceptors (Lipinski definition) is 5. The summed E-state index contributed by atoms with van der Waals surface area (Å²) < 4.78 is 5.14. The lowest BCUT2D eigenvalue weighted by molar-refractivity contribution is -0.147. The zero-order valence-corrected chi connectivity index (χ0v) is 13.1. The SMILES string of the molecule is N[C@@H](CC(Nc1ccccc1)C(=O)O)C(=O)OCc1ccccc1. The normalized spacial score (nSPS) is 12.9. The van der Waals surface area contributed by atoms with Gasteiger partial charge in [-0.2, -0.15) is 0 Å². The van der Waals surface area contributed by atoms with Gasteiger partial charge in [-0.15, -0.1) is 0 Å². The summed E-state index contributed by atoms with van der Waals surface area (Å²) in [5.74, 6) is -1.70. The standard InChI is InChI=1S/C18H20N2O4/c19-15(18(23)24-12-13-7-3-1-4-8-13)11-16(17(21)22)20-14-9-5-2-6-10-14/h1-10,15-16,20H,11-12,19H2,(H,21,22)/t15-,16?/m0/s1. The van der Waals surface area contributed by atoms with Crippen molar-refractivity contribution in [1.29, 1.82) is 0 Å². The Kier molecular flexibility index (Phi) is 6.33. The van der Waals surface area contributed by atoms with Gasteiger partial charge in [0.15, 0.2) is 0 Å². The van der Waals surface area contributed by atoms with E-state index in [9.17, 15) is 14.7 Å². The average Bonchev–Trinajstić information content (AvgIpc) is 2.60. The molecule has 2 rings (SSSR count). The van der Waals surface area contributed by atoms with Gasteiger partial charge in [0.1, 0.15) is 18.7 Å². The number of benzene rings is 2. The van der Waals surface area contributed by atoms with Crippen molar-refractivity contribution < 1.29 is 19.4 Å². The van der Waals surface area contributed by atoms with Gasteiger partial charge in [-0.3, -0.25) is 4.79 Å². The van der Waals surface area contributed by atoms with E-state index in [1.807, 2.05) is 36.4 Å². The maximum Gasteiger partial charge on any atom is 0.326 e. The summed E-state index contributed by atoms with van der Waals surface area (Å²) in [5, 5.41) is 12.2. The molecule has 0 saturated carbocycles. The van der Waals surface area contributed by atoms with Crippen molar-refractivity contribution in [3.05, 3.63) is 66.2 Å². The van der Waals surface area contributed by atoms with E-state index in [4.69, 9.17) is 10.5 Å². The Morgan fingerprint density at radius 1 is 1.04 bits per heavy atom. The minimum atomic E-state index is -1.08. The first-order valence-corrected chi connectivity index (χ1v) is 7.57. The fraction of sp³-hybridized carbons (Fsp3) is 0.222. The highest BCUT2D eigenvalue weighted by Gasteiger charge is 2.25. The number of anilines is 1. The van der Waals surface area contributed by atoms with E-state index in [-0.39, 0.29) is 13.0 Å². The Bertz CT molecular complexity index is 661. The summed E-state index contributed by atoms with van der Waals surface area (Å²) in [6.07, 6.45) is -0.0716. The molecule has 0 heterocycles. The van der Waals surface area contributed by atoms with Gasteiger partial charge in [-0.05, 0) is 17.7 Å². The van der Waals surface area contributed by atoms with Crippen LogP contribution >= 0.6 is 0 Å². The third kappa shape index (κ3) is 5.40. The van der Waals surface area contributed by atoms with Crippen LogP contribution in [-0.2, 0) is 20.9 Å². The van der Waals surface area contributed by atoms with Gasteiger partial charge in [0.25, 0.3) is 0 Å². The first-order valence-electron chi connectivity index (χ1n) is 7.57. The maximum atomic E-state index is 12.0. The molecule has 24 heavy (non-hydrogen) atoms. The monoisotopic (exact) mass is 328 g/mol. The van der Waals surface area contributed by atoms with E-state index in [1.165, 1.54) is 0 Å². The topological polar surface area (TPSA) is 102 Å². The Labute approximate surface area is 140 Å². The van der Waals surface area contributed by atoms with E-state index < -0.39 is 24.0 Å². The predicted octanol–water partition coefficient (Wildman–Crippen LogP) is 2.01. The minimum Gasteiger partial charge on any atom is -0.480 e. The highest BCUT2D eigenvalue weighted by molar-refractivity contribution is 5.80. The third-order valence-electron chi connectivity index (χ3n) is 3.43. The summed E-state index contributed by atoms with van der Waals surface area (Å²) in [5.41, 5.74) is 7.29. The van der Waals surface area contributed by atoms with Gasteiger partial charge < -0.3 is 20.9 Å². The molecule has 1 unspecified atom stereocenters. The van der Waals surface area contributed by atoms with E-state index >= 15 is 0 Å². The molecule has 0 spiro atoms. The van der Waals surface area contributed by atoms with Crippen molar-refractivity contribution in [2.45, 2.75) is 25.1 Å². The third-order valence-corrected chi connectivity index (χ3v) is 3.43. The Hall–Kier alpha value is -2.86. The number of carboxylic acid groups (broad SMARTS) is 1. The number of carbonyl (C=O) groups excluding carboxylic acids is 1. The molecular weight excluding hydrogens is 308 g/mol. The second kappa shape index (κ2) is 8.69. The molecule has 126 valence electrons. The van der Waals surface area contributed by atoms with Gasteiger partial charge in [0.05, 0.1) is 0 Å². The second-order valence-corrected chi connectivity index (χ2v) is 5.34. The first-order chi connectivity index (χ1) is 11.6. The van der Waals surface area contributed by atoms with Crippen LogP contribution in [0, 0.1) is 0 Å². The van der Waals surface area contributed by atoms with Crippen LogP contribution in [0.15, 0.2) is 60.7 Å². The molecule has 2 aromatic rings. The van der Waals surface area contributed by atoms with Crippen molar-refractivity contribution >= 4 is 17.6 Å². The number of carboxylic acids is 1. The number of carbonyl (C=O) groups is 2. The summed E-state index contributed by atoms with van der Waals surface area (Å²) in [6.45, 7) is 0.108. The second-order valence-electron chi connectivity index (χ2n) is 5.34. The largest absolute Gasteiger partial charge is 0.480 e. The number of aliphatic carboxylic acids is 1. The maximum absolute atomic E-state index is 12.0. The quantitative estimate of drug-likeness (QED) is 0.641. The predicted molar refractivity (Wildman–Crippen MR) is 90.3 cm³/mol. The highest BCUT2D eigenvalue weighted by atomic mass is 16.5. The number of para-hydroxylation sites is 1. The smallest absolute Gasteiger partial charge is 0.326 e. The molecule has 6 nitrogen and oxygen atoms in total. The molecule has 0 amide bonds. The van der Waals surface area contributed by atoms with Gasteiger partial charge in [-0.25, -0.2) is 4.79 Å². The lowest BCUT2D eigenvalue weighted by Crippen LogP contribution is -2.41. The zero-order chi connectivity index (χ0) is 17.4. The lowest BCUT2D eigenvalue weighted by atomic mass is 10.1. The molecule has 0 aliphatic heterocycles. The lowest BCUT2D eigenvalue weighted by Gasteiger charge is -2.19. The molecule has 0 fully saturated rings. The average molecular weight is 328 g/mol. The van der Waals surface area contributed by atoms with Crippen LogP contribution in [0.2, 0.25) is 0 Å². The van der Waals surface area contributed by atoms with Crippen LogP contribution < -0.4 is 11.1 Å². The first kappa shape index (κ1) is 17.5. The fourth-order valence-corrected chi connectivity index (χ4v) is 2.14. The Morgan fingerprint density at radius 3 is 2.21 bits per heavy atom. The number of nitrogens with two attached hydrogens (primary N) is 1. The van der Waals surface area contributed by atoms with Gasteiger partial charge in [0.2, 0.25) is 0 Å². The molecule has 0 radical (unpaired) electrons. The fourth-order valence-electron chi connectivity index (χ4n) is 2.14. The van der Waals surface area contributed by atoms with Gasteiger partial charge in [0, 0.05) is 12.1 Å². The summed E-state index contributed by atoms with van der Waals surface area (Å²) in [4.78, 5) is 23.3. The minimum absolute atomic E-state index is 0.0716. The number of hydrogen-bond donors (Lipinski definition) is 3. The molecule has 0 aliphatic rings. The Morgan fingerprint density at radius 2 is 1.62 bits per heavy atom. The highest BCUT2D eigenvalue weighted by Crippen LogP contribution is 2.11. The van der Waals surface area contributed by atoms with Crippen LogP contribution in [0.25, 0.3) is 0 Å². The van der Waals surface area contributed by atoms with E-state index in [0.29, 0.717) is 5.69 Å². The molecule has 0 bridgehead atoms. The van der Waals surface area contributed by atoms with Crippen molar-refractivity contribution in [1.82, 2.24) is 0 Å². The molecular formula is C18H20N2O4. The summed E-state index contributed by atoms with van der Waals surface area (Å²) in [6, 6.07) is 16.1. The molecule has 0 aliphatic carbocycles. The van der Waals surface area contributed by atoms with E-state index in [2.05, 4.69) is 5.32 Å². The number of nitrogens with one attached hydrogen (secondary N) is 1. The zero-order valence-electron chi connectivity index (χ0n) is 13.1. The Balaban J connectivity index is 1.88. The molecule has 4 N–H and O–H groups in total. The van der Waals surface area contributed by atoms with Crippen LogP contribution in [-0.4, -0.2) is 29.1 Å². The summed E-state index contributed by atoms with van der Waals surface area (Å²) >= 11 is 0. The number of rotatable bonds is 8. The molecule has 6 heteroatoms. The van der Waals surface area contributed by atoms with Crippen LogP contribution in [0.1, 0.15) is 12.0 Å². The van der Waals surface area contributed by atoms with Crippen LogP contribution in [0.4, 0.5) is 5.69 Å². The van der Waals surface area contributed by atoms with Crippen molar-refractivity contribution in [3.8, 4) is 0 Å². The number of ether oxygens (including phenoxy) is 1. The summed E-state index contributed by atoms with van der Waals surface area (Å²) in [7, 11) is 0. The van der Waals surface area contributed by atoms with E-state index in [0.717, 1.165) is 5.56 Å². The van der Waals surface area contributed by atoms with Crippen molar-refractivity contribution in [3.63, 3.8) is 0 Å². The van der Waals surface area contributed by atoms with Crippen LogP contribution in [0.3, 0.4) is 0 Å². The van der Waals surface area contributed by atoms with E-state index in [1.54, 1.807) is 24.3 Å². The van der Waals surface area contributed by atoms with Crippen LogP contribution in [0.5, 0.6) is 0 Å². The van der Waals surface area contributed by atoms with Crippen molar-refractivity contribution in [2.24, 2.45) is 5.73 Å². The van der Waals surface area contributed by atoms with Gasteiger partial charge >= 0.3 is 11.9 Å².